The number of carbonyl (C=O) groups is 3. The number of amides is 2. The van der Waals surface area contributed by atoms with Crippen LogP contribution in [0.5, 0.6) is 17.2 Å². The highest BCUT2D eigenvalue weighted by molar-refractivity contribution is 5.98. The van der Waals surface area contributed by atoms with Crippen molar-refractivity contribution in [1.82, 2.24) is 4.90 Å². The number of aliphatic hydroxyl groups is 1. The molecular weight excluding hydrogens is 334 g/mol. The van der Waals surface area contributed by atoms with E-state index >= 15 is 0 Å². The van der Waals surface area contributed by atoms with Crippen LogP contribution in [0.2, 0.25) is 0 Å². The Labute approximate surface area is 144 Å². The summed E-state index contributed by atoms with van der Waals surface area (Å²) >= 11 is 0. The quantitative estimate of drug-likeness (QED) is 0.776. The fourth-order valence-corrected chi connectivity index (χ4v) is 2.34. The van der Waals surface area contributed by atoms with Gasteiger partial charge in [-0.2, -0.15) is 0 Å². The Morgan fingerprint density at radius 1 is 1.32 bits per heavy atom. The summed E-state index contributed by atoms with van der Waals surface area (Å²) in [4.78, 5) is 36.3. The van der Waals surface area contributed by atoms with Gasteiger partial charge >= 0.3 is 12.1 Å². The van der Waals surface area contributed by atoms with Crippen molar-refractivity contribution >= 4 is 18.0 Å². The van der Waals surface area contributed by atoms with Gasteiger partial charge in [0.05, 0.1) is 26.3 Å². The summed E-state index contributed by atoms with van der Waals surface area (Å²) in [5.41, 5.74) is -1.67. The number of rotatable bonds is 5. The van der Waals surface area contributed by atoms with Crippen molar-refractivity contribution in [3.8, 4) is 17.2 Å². The molecule has 0 saturated carbocycles. The predicted octanol–water partition coefficient (Wildman–Crippen LogP) is 0.859. The minimum absolute atomic E-state index is 0.191. The summed E-state index contributed by atoms with van der Waals surface area (Å²) in [6.07, 6.45) is -0.951. The van der Waals surface area contributed by atoms with Gasteiger partial charge < -0.3 is 24.1 Å². The van der Waals surface area contributed by atoms with Crippen LogP contribution in [0.1, 0.15) is 19.4 Å². The Kier molecular flexibility index (Phi) is 5.17. The fourth-order valence-electron chi connectivity index (χ4n) is 2.34. The molecule has 1 aliphatic rings. The van der Waals surface area contributed by atoms with E-state index in [0.29, 0.717) is 22.0 Å². The number of carbonyl (C=O) groups excluding carboxylic acids is 3. The average molecular weight is 353 g/mol. The van der Waals surface area contributed by atoms with Crippen molar-refractivity contribution in [1.29, 1.82) is 0 Å². The highest BCUT2D eigenvalue weighted by Gasteiger charge is 2.42. The van der Waals surface area contributed by atoms with Crippen molar-refractivity contribution in [2.75, 3.05) is 20.8 Å². The van der Waals surface area contributed by atoms with Crippen LogP contribution in [0.4, 0.5) is 4.79 Å². The number of fused-ring (bicyclic) bond motifs is 1. The van der Waals surface area contributed by atoms with Crippen molar-refractivity contribution in [2.45, 2.75) is 26.0 Å². The molecule has 136 valence electrons. The van der Waals surface area contributed by atoms with E-state index in [1.165, 1.54) is 20.3 Å². The minimum atomic E-state index is -2.09. The summed E-state index contributed by atoms with van der Waals surface area (Å²) in [6.45, 7) is 1.50. The molecule has 1 unspecified atom stereocenters. The molecule has 0 saturated heterocycles. The first kappa shape index (κ1) is 18.5. The van der Waals surface area contributed by atoms with Crippen LogP contribution in [0.25, 0.3) is 0 Å². The molecule has 0 bridgehead atoms. The summed E-state index contributed by atoms with van der Waals surface area (Å²) < 4.78 is 20.3. The normalized spacial score (nSPS) is 15.6. The van der Waals surface area contributed by atoms with Gasteiger partial charge in [-0.1, -0.05) is 0 Å². The second-order valence-corrected chi connectivity index (χ2v) is 5.59. The van der Waals surface area contributed by atoms with Crippen molar-refractivity contribution in [3.05, 3.63) is 17.7 Å². The standard InChI is InChI=1S/C16H19NO8/c1-9(18)24-8-16(2,21)14(19)17-7-10-11(25-15(17)20)5-6-12(22-3)13(10)23-4/h5-6,21H,7-8H2,1-4H3. The Bertz CT molecular complexity index is 712. The van der Waals surface area contributed by atoms with E-state index < -0.39 is 30.2 Å². The van der Waals surface area contributed by atoms with Crippen molar-refractivity contribution in [2.24, 2.45) is 0 Å². The Hall–Kier alpha value is -2.81. The second-order valence-electron chi connectivity index (χ2n) is 5.59. The van der Waals surface area contributed by atoms with E-state index in [2.05, 4.69) is 4.74 Å². The third-order valence-corrected chi connectivity index (χ3v) is 3.60. The van der Waals surface area contributed by atoms with E-state index in [0.717, 1.165) is 13.8 Å². The van der Waals surface area contributed by atoms with Crippen LogP contribution < -0.4 is 14.2 Å². The largest absolute Gasteiger partial charge is 0.493 e. The van der Waals surface area contributed by atoms with E-state index in [1.54, 1.807) is 6.07 Å². The zero-order valence-corrected chi connectivity index (χ0v) is 14.3. The molecule has 2 rings (SSSR count). The van der Waals surface area contributed by atoms with Gasteiger partial charge in [-0.25, -0.2) is 9.69 Å². The number of hydrogen-bond donors (Lipinski definition) is 1. The molecular formula is C16H19NO8. The Morgan fingerprint density at radius 2 is 2.00 bits per heavy atom. The molecule has 1 aromatic rings. The third-order valence-electron chi connectivity index (χ3n) is 3.60. The molecule has 0 spiro atoms. The number of ether oxygens (including phenoxy) is 4. The number of hydrogen-bond acceptors (Lipinski definition) is 8. The van der Waals surface area contributed by atoms with Crippen LogP contribution in [0.15, 0.2) is 12.1 Å². The second kappa shape index (κ2) is 6.98. The molecule has 0 aromatic heterocycles. The molecule has 0 aliphatic carbocycles. The average Bonchev–Trinajstić information content (AvgIpc) is 2.57. The lowest BCUT2D eigenvalue weighted by Crippen LogP contribution is -2.53. The SMILES string of the molecule is COc1ccc2c(c1OC)CN(C(=O)C(C)(O)COC(C)=O)C(=O)O2. The van der Waals surface area contributed by atoms with Gasteiger partial charge in [-0.3, -0.25) is 9.59 Å². The Morgan fingerprint density at radius 3 is 2.56 bits per heavy atom. The predicted molar refractivity (Wildman–Crippen MR) is 83.4 cm³/mol. The van der Waals surface area contributed by atoms with Crippen LogP contribution >= 0.6 is 0 Å². The van der Waals surface area contributed by atoms with Gasteiger partial charge in [0.1, 0.15) is 12.4 Å². The lowest BCUT2D eigenvalue weighted by molar-refractivity contribution is -0.160. The van der Waals surface area contributed by atoms with E-state index in [-0.39, 0.29) is 12.3 Å². The number of nitrogens with zero attached hydrogens (tertiary/aromatic N) is 1. The lowest BCUT2D eigenvalue weighted by Gasteiger charge is -2.32. The van der Waals surface area contributed by atoms with Crippen molar-refractivity contribution < 1.29 is 38.4 Å². The molecule has 0 fully saturated rings. The summed E-state index contributed by atoms with van der Waals surface area (Å²) in [7, 11) is 2.86. The summed E-state index contributed by atoms with van der Waals surface area (Å²) in [5, 5.41) is 10.2. The molecule has 1 aliphatic heterocycles. The molecule has 2 amide bonds. The minimum Gasteiger partial charge on any atom is -0.493 e. The van der Waals surface area contributed by atoms with Gasteiger partial charge in [-0.15, -0.1) is 0 Å². The molecule has 9 heteroatoms. The summed E-state index contributed by atoms with van der Waals surface area (Å²) in [5.74, 6) is -0.685. The lowest BCUT2D eigenvalue weighted by atomic mass is 10.0. The summed E-state index contributed by atoms with van der Waals surface area (Å²) in [6, 6.07) is 3.09. The molecule has 1 aromatic carbocycles. The van der Waals surface area contributed by atoms with Crippen LogP contribution in [0.3, 0.4) is 0 Å². The highest BCUT2D eigenvalue weighted by atomic mass is 16.6. The third kappa shape index (κ3) is 3.66. The molecule has 9 nitrogen and oxygen atoms in total. The van der Waals surface area contributed by atoms with Gasteiger partial charge in [-0.05, 0) is 19.1 Å². The fraction of sp³-hybridized carbons (Fsp3) is 0.438. The number of methoxy groups -OCH3 is 2. The van der Waals surface area contributed by atoms with Crippen LogP contribution in [-0.2, 0) is 20.9 Å². The van der Waals surface area contributed by atoms with Gasteiger partial charge in [0.15, 0.2) is 17.1 Å². The monoisotopic (exact) mass is 353 g/mol. The van der Waals surface area contributed by atoms with E-state index in [4.69, 9.17) is 14.2 Å². The molecule has 1 atom stereocenters. The molecule has 0 radical (unpaired) electrons. The van der Waals surface area contributed by atoms with E-state index in [9.17, 15) is 19.5 Å². The Balaban J connectivity index is 2.32. The molecule has 1 heterocycles. The maximum absolute atomic E-state index is 12.5. The first-order chi connectivity index (χ1) is 11.7. The smallest absolute Gasteiger partial charge is 0.422 e. The zero-order chi connectivity index (χ0) is 18.8. The number of imide groups is 1. The number of benzene rings is 1. The first-order valence-electron chi connectivity index (χ1n) is 7.34. The highest BCUT2D eigenvalue weighted by Crippen LogP contribution is 2.40. The number of esters is 1. The van der Waals surface area contributed by atoms with Gasteiger partial charge in [0.25, 0.3) is 5.91 Å². The molecule has 1 N–H and O–H groups in total. The van der Waals surface area contributed by atoms with Crippen molar-refractivity contribution in [3.63, 3.8) is 0 Å². The molecule has 25 heavy (non-hydrogen) atoms. The van der Waals surface area contributed by atoms with Crippen LogP contribution in [0, 0.1) is 0 Å². The maximum atomic E-state index is 12.5. The van der Waals surface area contributed by atoms with Crippen LogP contribution in [-0.4, -0.2) is 54.4 Å². The van der Waals surface area contributed by atoms with Gasteiger partial charge in [0, 0.05) is 6.92 Å². The maximum Gasteiger partial charge on any atom is 0.422 e. The first-order valence-corrected chi connectivity index (χ1v) is 7.34. The topological polar surface area (TPSA) is 112 Å². The zero-order valence-electron chi connectivity index (χ0n) is 14.3. The van der Waals surface area contributed by atoms with E-state index in [1.807, 2.05) is 0 Å². The van der Waals surface area contributed by atoms with Gasteiger partial charge in [0.2, 0.25) is 0 Å².